The molecule has 0 unspecified atom stereocenters. The van der Waals surface area contributed by atoms with Gasteiger partial charge in [0.05, 0.1) is 5.56 Å². The summed E-state index contributed by atoms with van der Waals surface area (Å²) < 4.78 is 55.5. The Hall–Kier alpha value is -2.04. The zero-order chi connectivity index (χ0) is 13.9. The standard InChI is InChI=1S/C14H10F4O/c15-12-3-1-2-4-13(12)19-9-10-5-7-11(8-6-10)14(16,17)18/h1-8H,9H2. The highest BCUT2D eigenvalue weighted by Crippen LogP contribution is 2.29. The van der Waals surface area contributed by atoms with Gasteiger partial charge in [-0.05, 0) is 29.8 Å². The largest absolute Gasteiger partial charge is 0.486 e. The topological polar surface area (TPSA) is 9.23 Å². The molecule has 0 N–H and O–H groups in total. The van der Waals surface area contributed by atoms with E-state index >= 15 is 0 Å². The molecule has 0 spiro atoms. The second-order valence-electron chi connectivity index (χ2n) is 3.91. The molecule has 0 aromatic heterocycles. The molecule has 0 amide bonds. The van der Waals surface area contributed by atoms with Crippen molar-refractivity contribution in [2.24, 2.45) is 0 Å². The molecule has 2 aromatic carbocycles. The van der Waals surface area contributed by atoms with Crippen LogP contribution in [0.15, 0.2) is 48.5 Å². The lowest BCUT2D eigenvalue weighted by Gasteiger charge is -2.09. The minimum atomic E-state index is -4.36. The zero-order valence-electron chi connectivity index (χ0n) is 9.75. The predicted octanol–water partition coefficient (Wildman–Crippen LogP) is 4.42. The number of benzene rings is 2. The van der Waals surface area contributed by atoms with Crippen molar-refractivity contribution in [2.75, 3.05) is 0 Å². The highest BCUT2D eigenvalue weighted by molar-refractivity contribution is 5.26. The summed E-state index contributed by atoms with van der Waals surface area (Å²) in [6, 6.07) is 10.4. The van der Waals surface area contributed by atoms with Crippen LogP contribution in [0.25, 0.3) is 0 Å². The van der Waals surface area contributed by atoms with E-state index in [0.717, 1.165) is 12.1 Å². The van der Waals surface area contributed by atoms with E-state index in [1.54, 1.807) is 6.07 Å². The Bertz CT molecular complexity index is 546. The maximum Gasteiger partial charge on any atom is 0.416 e. The van der Waals surface area contributed by atoms with E-state index in [1.807, 2.05) is 0 Å². The van der Waals surface area contributed by atoms with Crippen LogP contribution in [0.1, 0.15) is 11.1 Å². The fourth-order valence-electron chi connectivity index (χ4n) is 1.51. The van der Waals surface area contributed by atoms with Gasteiger partial charge in [-0.1, -0.05) is 24.3 Å². The third kappa shape index (κ3) is 3.47. The van der Waals surface area contributed by atoms with Crippen LogP contribution in [0.5, 0.6) is 5.75 Å². The molecule has 0 radical (unpaired) electrons. The monoisotopic (exact) mass is 270 g/mol. The molecule has 0 bridgehead atoms. The van der Waals surface area contributed by atoms with Crippen LogP contribution in [0, 0.1) is 5.82 Å². The fourth-order valence-corrected chi connectivity index (χ4v) is 1.51. The molecule has 0 aliphatic carbocycles. The van der Waals surface area contributed by atoms with Crippen molar-refractivity contribution in [2.45, 2.75) is 12.8 Å². The van der Waals surface area contributed by atoms with Crippen molar-refractivity contribution in [1.29, 1.82) is 0 Å². The number of alkyl halides is 3. The number of halogens is 4. The lowest BCUT2D eigenvalue weighted by Crippen LogP contribution is -2.05. The molecular weight excluding hydrogens is 260 g/mol. The molecule has 5 heteroatoms. The Morgan fingerprint density at radius 1 is 0.895 bits per heavy atom. The van der Waals surface area contributed by atoms with Gasteiger partial charge >= 0.3 is 6.18 Å². The Morgan fingerprint density at radius 2 is 1.53 bits per heavy atom. The summed E-state index contributed by atoms with van der Waals surface area (Å²) in [5, 5.41) is 0. The average molecular weight is 270 g/mol. The summed E-state index contributed by atoms with van der Waals surface area (Å²) >= 11 is 0. The molecule has 100 valence electrons. The SMILES string of the molecule is Fc1ccccc1OCc1ccc(C(F)(F)F)cc1. The zero-order valence-corrected chi connectivity index (χ0v) is 9.75. The quantitative estimate of drug-likeness (QED) is 0.750. The molecule has 0 aliphatic rings. The normalized spacial score (nSPS) is 11.4. The third-order valence-corrected chi connectivity index (χ3v) is 2.51. The number of hydrogen-bond acceptors (Lipinski definition) is 1. The summed E-state index contributed by atoms with van der Waals surface area (Å²) in [4.78, 5) is 0. The molecule has 0 fully saturated rings. The molecule has 0 atom stereocenters. The van der Waals surface area contributed by atoms with Gasteiger partial charge in [-0.2, -0.15) is 13.2 Å². The van der Waals surface area contributed by atoms with Crippen LogP contribution in [-0.4, -0.2) is 0 Å². The number of hydrogen-bond donors (Lipinski definition) is 0. The van der Waals surface area contributed by atoms with Crippen LogP contribution in [0.2, 0.25) is 0 Å². The van der Waals surface area contributed by atoms with E-state index < -0.39 is 17.6 Å². The molecule has 0 saturated heterocycles. The van der Waals surface area contributed by atoms with Gasteiger partial charge in [-0.15, -0.1) is 0 Å². The summed E-state index contributed by atoms with van der Waals surface area (Å²) in [5.74, 6) is -0.434. The second kappa shape index (κ2) is 5.30. The van der Waals surface area contributed by atoms with Crippen LogP contribution in [0.4, 0.5) is 17.6 Å². The molecule has 2 rings (SSSR count). The Kier molecular flexibility index (Phi) is 3.74. The second-order valence-corrected chi connectivity index (χ2v) is 3.91. The predicted molar refractivity (Wildman–Crippen MR) is 62.2 cm³/mol. The van der Waals surface area contributed by atoms with Crippen LogP contribution < -0.4 is 4.74 Å². The van der Waals surface area contributed by atoms with E-state index in [9.17, 15) is 17.6 Å². The lowest BCUT2D eigenvalue weighted by molar-refractivity contribution is -0.137. The number of para-hydroxylation sites is 1. The maximum absolute atomic E-state index is 13.2. The highest BCUT2D eigenvalue weighted by atomic mass is 19.4. The minimum absolute atomic E-state index is 0.0130. The van der Waals surface area contributed by atoms with Crippen LogP contribution in [0.3, 0.4) is 0 Å². The lowest BCUT2D eigenvalue weighted by atomic mass is 10.1. The van der Waals surface area contributed by atoms with Crippen molar-refractivity contribution in [3.05, 3.63) is 65.5 Å². The summed E-state index contributed by atoms with van der Waals surface area (Å²) in [5.41, 5.74) is -0.182. The van der Waals surface area contributed by atoms with Gasteiger partial charge < -0.3 is 4.74 Å². The van der Waals surface area contributed by atoms with Crippen molar-refractivity contribution in [1.82, 2.24) is 0 Å². The number of rotatable bonds is 3. The summed E-state index contributed by atoms with van der Waals surface area (Å²) in [6.45, 7) is 0.0130. The Morgan fingerprint density at radius 3 is 2.11 bits per heavy atom. The van der Waals surface area contributed by atoms with E-state index in [-0.39, 0.29) is 12.4 Å². The molecule has 1 nitrogen and oxygen atoms in total. The molecule has 2 aromatic rings. The minimum Gasteiger partial charge on any atom is -0.486 e. The molecule has 19 heavy (non-hydrogen) atoms. The Balaban J connectivity index is 2.03. The first kappa shape index (κ1) is 13.4. The summed E-state index contributed by atoms with van der Waals surface area (Å²) in [7, 11) is 0. The van der Waals surface area contributed by atoms with Crippen molar-refractivity contribution >= 4 is 0 Å². The van der Waals surface area contributed by atoms with E-state index in [1.165, 1.54) is 30.3 Å². The van der Waals surface area contributed by atoms with Gasteiger partial charge in [0.1, 0.15) is 6.61 Å². The Labute approximate surface area is 107 Å². The highest BCUT2D eigenvalue weighted by Gasteiger charge is 2.29. The van der Waals surface area contributed by atoms with Crippen LogP contribution >= 0.6 is 0 Å². The molecule has 0 heterocycles. The van der Waals surface area contributed by atoms with Crippen molar-refractivity contribution < 1.29 is 22.3 Å². The number of ether oxygens (including phenoxy) is 1. The summed E-state index contributed by atoms with van der Waals surface area (Å²) in [6.07, 6.45) is -4.36. The first-order valence-electron chi connectivity index (χ1n) is 5.50. The van der Waals surface area contributed by atoms with Gasteiger partial charge in [0.2, 0.25) is 0 Å². The molecule has 0 saturated carbocycles. The van der Waals surface area contributed by atoms with Crippen molar-refractivity contribution in [3.63, 3.8) is 0 Å². The van der Waals surface area contributed by atoms with E-state index in [2.05, 4.69) is 0 Å². The molecular formula is C14H10F4O. The van der Waals surface area contributed by atoms with E-state index in [4.69, 9.17) is 4.74 Å². The first-order chi connectivity index (χ1) is 8.97. The average Bonchev–Trinajstić information content (AvgIpc) is 2.37. The molecule has 0 aliphatic heterocycles. The van der Waals surface area contributed by atoms with Crippen LogP contribution in [-0.2, 0) is 12.8 Å². The van der Waals surface area contributed by atoms with Gasteiger partial charge in [-0.3, -0.25) is 0 Å². The van der Waals surface area contributed by atoms with Gasteiger partial charge in [0.15, 0.2) is 11.6 Å². The van der Waals surface area contributed by atoms with Gasteiger partial charge in [0, 0.05) is 0 Å². The van der Waals surface area contributed by atoms with Crippen molar-refractivity contribution in [3.8, 4) is 5.75 Å². The smallest absolute Gasteiger partial charge is 0.416 e. The first-order valence-corrected chi connectivity index (χ1v) is 5.50. The maximum atomic E-state index is 13.2. The third-order valence-electron chi connectivity index (χ3n) is 2.51. The van der Waals surface area contributed by atoms with E-state index in [0.29, 0.717) is 5.56 Å². The van der Waals surface area contributed by atoms with Gasteiger partial charge in [0.25, 0.3) is 0 Å². The fraction of sp³-hybridized carbons (Fsp3) is 0.143. The van der Waals surface area contributed by atoms with Gasteiger partial charge in [-0.25, -0.2) is 4.39 Å².